The number of rotatable bonds is 3. The lowest BCUT2D eigenvalue weighted by atomic mass is 9.92. The van der Waals surface area contributed by atoms with Crippen molar-refractivity contribution >= 4 is 11.8 Å². The first-order valence-electron chi connectivity index (χ1n) is 8.95. The summed E-state index contributed by atoms with van der Waals surface area (Å²) >= 11 is 0. The Morgan fingerprint density at radius 1 is 1.08 bits per heavy atom. The molecule has 2 aliphatic rings. The van der Waals surface area contributed by atoms with Gasteiger partial charge in [0.2, 0.25) is 0 Å². The largest absolute Gasteiger partial charge is 0.457 e. The zero-order chi connectivity index (χ0) is 17.4. The minimum Gasteiger partial charge on any atom is -0.457 e. The zero-order valence-electron chi connectivity index (χ0n) is 14.7. The molecule has 2 aromatic carbocycles. The molecule has 1 atom stereocenters. The molecule has 0 radical (unpaired) electrons. The Bertz CT molecular complexity index is 783. The molecule has 2 aromatic rings. The van der Waals surface area contributed by atoms with Gasteiger partial charge >= 0.3 is 6.09 Å². The van der Waals surface area contributed by atoms with Crippen LogP contribution in [0.1, 0.15) is 43.2 Å². The molecule has 1 heterocycles. The van der Waals surface area contributed by atoms with Crippen LogP contribution in [-0.2, 0) is 11.2 Å². The summed E-state index contributed by atoms with van der Waals surface area (Å²) in [5, 5.41) is 0. The fourth-order valence-electron chi connectivity index (χ4n) is 3.64. The minimum atomic E-state index is -0.307. The number of anilines is 1. The van der Waals surface area contributed by atoms with Gasteiger partial charge in [-0.2, -0.15) is 0 Å². The van der Waals surface area contributed by atoms with Crippen LogP contribution in [0.3, 0.4) is 0 Å². The second-order valence-electron chi connectivity index (χ2n) is 6.90. The number of nitrogens with zero attached hydrogens (tertiary/aromatic N) is 1. The Labute approximate surface area is 148 Å². The molecule has 0 spiro atoms. The van der Waals surface area contributed by atoms with Crippen LogP contribution in [0.4, 0.5) is 10.5 Å². The van der Waals surface area contributed by atoms with E-state index in [1.165, 1.54) is 25.5 Å². The fraction of sp³-hybridized carbons (Fsp3) is 0.381. The molecular formula is C21H23NO3. The lowest BCUT2D eigenvalue weighted by Gasteiger charge is -2.35. The molecule has 0 N–H and O–H groups in total. The number of methoxy groups -OCH3 is 1. The first-order chi connectivity index (χ1) is 12.2. The average Bonchev–Trinajstić information content (AvgIpc) is 3.47. The van der Waals surface area contributed by atoms with Crippen molar-refractivity contribution in [1.82, 2.24) is 0 Å². The van der Waals surface area contributed by atoms with Gasteiger partial charge in [-0.3, -0.25) is 4.90 Å². The molecule has 1 saturated carbocycles. The van der Waals surface area contributed by atoms with Gasteiger partial charge in [0, 0.05) is 11.6 Å². The van der Waals surface area contributed by atoms with E-state index in [1.54, 1.807) is 4.90 Å². The van der Waals surface area contributed by atoms with Crippen molar-refractivity contribution in [3.63, 3.8) is 0 Å². The molecule has 130 valence electrons. The van der Waals surface area contributed by atoms with E-state index in [2.05, 4.69) is 19.1 Å². The summed E-state index contributed by atoms with van der Waals surface area (Å²) in [4.78, 5) is 14.1. The summed E-state index contributed by atoms with van der Waals surface area (Å²) in [7, 11) is 1.43. The van der Waals surface area contributed by atoms with Gasteiger partial charge < -0.3 is 9.47 Å². The second kappa shape index (κ2) is 6.43. The number of amides is 1. The Morgan fingerprint density at radius 2 is 1.84 bits per heavy atom. The van der Waals surface area contributed by atoms with Crippen LogP contribution < -0.4 is 9.64 Å². The number of para-hydroxylation sites is 1. The smallest absolute Gasteiger partial charge is 0.414 e. The van der Waals surface area contributed by atoms with E-state index >= 15 is 0 Å². The van der Waals surface area contributed by atoms with Crippen LogP contribution in [0.5, 0.6) is 11.5 Å². The van der Waals surface area contributed by atoms with Crippen molar-refractivity contribution < 1.29 is 14.3 Å². The van der Waals surface area contributed by atoms with Crippen molar-refractivity contribution in [2.24, 2.45) is 0 Å². The molecule has 0 aromatic heterocycles. The minimum absolute atomic E-state index is 0.122. The molecule has 4 rings (SSSR count). The number of fused-ring (bicyclic) bond motifs is 1. The summed E-state index contributed by atoms with van der Waals surface area (Å²) in [5.41, 5.74) is 3.31. The van der Waals surface area contributed by atoms with Crippen LogP contribution >= 0.6 is 0 Å². The van der Waals surface area contributed by atoms with E-state index in [1.807, 2.05) is 30.3 Å². The molecule has 1 amide bonds. The van der Waals surface area contributed by atoms with Crippen molar-refractivity contribution in [3.05, 3.63) is 53.6 Å². The van der Waals surface area contributed by atoms with Gasteiger partial charge in [-0.25, -0.2) is 4.79 Å². The van der Waals surface area contributed by atoms with E-state index in [0.717, 1.165) is 35.6 Å². The SMILES string of the molecule is COC(=O)N1c2ccc(C3CC3)c(Oc3ccccc3)c2CCC1C. The number of carbonyl (C=O) groups excluding carboxylic acids is 1. The van der Waals surface area contributed by atoms with Crippen molar-refractivity contribution in [2.45, 2.75) is 44.6 Å². The van der Waals surface area contributed by atoms with Crippen LogP contribution in [0.2, 0.25) is 0 Å². The molecule has 1 aliphatic carbocycles. The Hall–Kier alpha value is -2.49. The molecule has 1 fully saturated rings. The normalized spacial score (nSPS) is 19.3. The summed E-state index contributed by atoms with van der Waals surface area (Å²) in [6.45, 7) is 2.06. The van der Waals surface area contributed by atoms with Gasteiger partial charge in [-0.1, -0.05) is 24.3 Å². The third-order valence-electron chi connectivity index (χ3n) is 5.13. The Balaban J connectivity index is 1.81. The average molecular weight is 337 g/mol. The third kappa shape index (κ3) is 2.97. The number of benzene rings is 2. The molecule has 1 unspecified atom stereocenters. The maximum absolute atomic E-state index is 12.3. The predicted octanol–water partition coefficient (Wildman–Crippen LogP) is 5.26. The van der Waals surface area contributed by atoms with Crippen LogP contribution in [0.25, 0.3) is 0 Å². The summed E-state index contributed by atoms with van der Waals surface area (Å²) in [6, 6.07) is 14.2. The standard InChI is InChI=1S/C21H23NO3/c1-14-8-11-18-19(22(14)21(23)24-2)13-12-17(15-9-10-15)20(18)25-16-6-4-3-5-7-16/h3-7,12-15H,8-11H2,1-2H3. The lowest BCUT2D eigenvalue weighted by Crippen LogP contribution is -2.42. The van der Waals surface area contributed by atoms with E-state index in [0.29, 0.717) is 5.92 Å². The highest BCUT2D eigenvalue weighted by Crippen LogP contribution is 2.50. The fourth-order valence-corrected chi connectivity index (χ4v) is 3.64. The van der Waals surface area contributed by atoms with E-state index in [4.69, 9.17) is 9.47 Å². The van der Waals surface area contributed by atoms with Crippen LogP contribution in [0, 0.1) is 0 Å². The topological polar surface area (TPSA) is 38.8 Å². The van der Waals surface area contributed by atoms with Crippen molar-refractivity contribution in [2.75, 3.05) is 12.0 Å². The number of hydrogen-bond acceptors (Lipinski definition) is 3. The Kier molecular flexibility index (Phi) is 4.12. The predicted molar refractivity (Wildman–Crippen MR) is 97.6 cm³/mol. The molecule has 0 bridgehead atoms. The second-order valence-corrected chi connectivity index (χ2v) is 6.90. The summed E-state index contributed by atoms with van der Waals surface area (Å²) in [5.74, 6) is 2.35. The van der Waals surface area contributed by atoms with E-state index < -0.39 is 0 Å². The van der Waals surface area contributed by atoms with Gasteiger partial charge in [-0.15, -0.1) is 0 Å². The molecule has 0 saturated heterocycles. The maximum atomic E-state index is 12.3. The Morgan fingerprint density at radius 3 is 2.52 bits per heavy atom. The monoisotopic (exact) mass is 337 g/mol. The maximum Gasteiger partial charge on any atom is 0.414 e. The highest BCUT2D eigenvalue weighted by Gasteiger charge is 2.35. The van der Waals surface area contributed by atoms with Crippen LogP contribution in [0.15, 0.2) is 42.5 Å². The molecular weight excluding hydrogens is 314 g/mol. The molecule has 1 aliphatic heterocycles. The molecule has 4 heteroatoms. The summed E-state index contributed by atoms with van der Waals surface area (Å²) < 4.78 is 11.3. The highest BCUT2D eigenvalue weighted by atomic mass is 16.5. The van der Waals surface area contributed by atoms with Gasteiger partial charge in [0.05, 0.1) is 12.8 Å². The quantitative estimate of drug-likeness (QED) is 0.766. The van der Waals surface area contributed by atoms with Gasteiger partial charge in [-0.05, 0) is 62.3 Å². The first-order valence-corrected chi connectivity index (χ1v) is 8.95. The van der Waals surface area contributed by atoms with E-state index in [-0.39, 0.29) is 12.1 Å². The molecule has 25 heavy (non-hydrogen) atoms. The van der Waals surface area contributed by atoms with Gasteiger partial charge in [0.1, 0.15) is 11.5 Å². The number of carbonyl (C=O) groups is 1. The lowest BCUT2D eigenvalue weighted by molar-refractivity contribution is 0.175. The van der Waals surface area contributed by atoms with Crippen molar-refractivity contribution in [1.29, 1.82) is 0 Å². The first kappa shape index (κ1) is 16.0. The highest BCUT2D eigenvalue weighted by molar-refractivity contribution is 5.90. The van der Waals surface area contributed by atoms with Gasteiger partial charge in [0.25, 0.3) is 0 Å². The zero-order valence-corrected chi connectivity index (χ0v) is 14.7. The van der Waals surface area contributed by atoms with E-state index in [9.17, 15) is 4.79 Å². The van der Waals surface area contributed by atoms with Gasteiger partial charge in [0.15, 0.2) is 0 Å². The summed E-state index contributed by atoms with van der Waals surface area (Å²) in [6.07, 6.45) is 3.93. The number of ether oxygens (including phenoxy) is 2. The van der Waals surface area contributed by atoms with Crippen molar-refractivity contribution in [3.8, 4) is 11.5 Å². The third-order valence-corrected chi connectivity index (χ3v) is 5.13. The molecule has 4 nitrogen and oxygen atoms in total. The number of hydrogen-bond donors (Lipinski definition) is 0. The van der Waals surface area contributed by atoms with Crippen LogP contribution in [-0.4, -0.2) is 19.2 Å².